The number of carbonyl (C=O) groups is 1. The Labute approximate surface area is 139 Å². The molecule has 0 spiro atoms. The van der Waals surface area contributed by atoms with E-state index in [1.807, 2.05) is 61.2 Å². The standard InChI is InChI=1S/C17H18N4OS/c1-11(2)16(22)20-13-6-4-12(5-7-13)14-10-19-15-17(23-3)18-8-9-21(14)15/h4-11H,1-3H3,(H,20,22). The first-order chi connectivity index (χ1) is 11.1. The van der Waals surface area contributed by atoms with Crippen LogP contribution in [-0.2, 0) is 4.79 Å². The number of anilines is 1. The molecular formula is C17H18N4OS. The van der Waals surface area contributed by atoms with E-state index in [-0.39, 0.29) is 11.8 Å². The third kappa shape index (κ3) is 3.07. The van der Waals surface area contributed by atoms with E-state index in [9.17, 15) is 4.79 Å². The molecular weight excluding hydrogens is 308 g/mol. The minimum absolute atomic E-state index is 0.0169. The van der Waals surface area contributed by atoms with Gasteiger partial charge in [-0.3, -0.25) is 9.20 Å². The van der Waals surface area contributed by atoms with Crippen molar-refractivity contribution in [2.75, 3.05) is 11.6 Å². The molecule has 0 saturated heterocycles. The van der Waals surface area contributed by atoms with Gasteiger partial charge in [-0.1, -0.05) is 26.0 Å². The minimum Gasteiger partial charge on any atom is -0.326 e. The van der Waals surface area contributed by atoms with Gasteiger partial charge in [0.15, 0.2) is 5.65 Å². The van der Waals surface area contributed by atoms with Crippen molar-refractivity contribution >= 4 is 29.0 Å². The van der Waals surface area contributed by atoms with E-state index < -0.39 is 0 Å². The van der Waals surface area contributed by atoms with Crippen LogP contribution in [0.15, 0.2) is 47.9 Å². The fourth-order valence-electron chi connectivity index (χ4n) is 2.26. The Bertz CT molecular complexity index is 839. The fraction of sp³-hybridized carbons (Fsp3) is 0.235. The van der Waals surface area contributed by atoms with Crippen LogP contribution in [0.3, 0.4) is 0 Å². The van der Waals surface area contributed by atoms with Crippen molar-refractivity contribution < 1.29 is 4.79 Å². The van der Waals surface area contributed by atoms with Gasteiger partial charge in [0.1, 0.15) is 5.03 Å². The van der Waals surface area contributed by atoms with E-state index in [1.165, 1.54) is 0 Å². The third-order valence-corrected chi connectivity index (χ3v) is 4.24. The molecule has 0 aliphatic heterocycles. The van der Waals surface area contributed by atoms with Crippen LogP contribution < -0.4 is 5.32 Å². The summed E-state index contributed by atoms with van der Waals surface area (Å²) in [5, 5.41) is 3.80. The highest BCUT2D eigenvalue weighted by molar-refractivity contribution is 7.98. The van der Waals surface area contributed by atoms with Crippen molar-refractivity contribution in [3.63, 3.8) is 0 Å². The molecule has 0 radical (unpaired) electrons. The lowest BCUT2D eigenvalue weighted by Crippen LogP contribution is -2.17. The van der Waals surface area contributed by atoms with Crippen molar-refractivity contribution in [2.24, 2.45) is 5.92 Å². The summed E-state index contributed by atoms with van der Waals surface area (Å²) in [5.41, 5.74) is 3.69. The molecule has 0 saturated carbocycles. The van der Waals surface area contributed by atoms with Crippen molar-refractivity contribution in [2.45, 2.75) is 18.9 Å². The first-order valence-electron chi connectivity index (χ1n) is 7.37. The second-order valence-electron chi connectivity index (χ2n) is 5.49. The Hall–Kier alpha value is -2.34. The topological polar surface area (TPSA) is 59.3 Å². The molecule has 23 heavy (non-hydrogen) atoms. The maximum atomic E-state index is 11.7. The number of nitrogens with one attached hydrogen (secondary N) is 1. The van der Waals surface area contributed by atoms with Gasteiger partial charge in [-0.15, -0.1) is 11.8 Å². The molecule has 0 unspecified atom stereocenters. The Morgan fingerprint density at radius 1 is 1.22 bits per heavy atom. The van der Waals surface area contributed by atoms with Crippen LogP contribution in [0.5, 0.6) is 0 Å². The molecule has 3 aromatic rings. The number of amides is 1. The molecule has 5 nitrogen and oxygen atoms in total. The molecule has 118 valence electrons. The van der Waals surface area contributed by atoms with Gasteiger partial charge >= 0.3 is 0 Å². The molecule has 1 N–H and O–H groups in total. The molecule has 1 amide bonds. The monoisotopic (exact) mass is 326 g/mol. The number of hydrogen-bond acceptors (Lipinski definition) is 4. The summed E-state index contributed by atoms with van der Waals surface area (Å²) in [6, 6.07) is 7.79. The van der Waals surface area contributed by atoms with E-state index in [1.54, 1.807) is 18.0 Å². The number of nitrogens with zero attached hydrogens (tertiary/aromatic N) is 3. The van der Waals surface area contributed by atoms with Gasteiger partial charge in [0, 0.05) is 29.6 Å². The highest BCUT2D eigenvalue weighted by Gasteiger charge is 2.10. The third-order valence-electron chi connectivity index (χ3n) is 3.56. The largest absolute Gasteiger partial charge is 0.326 e. The average Bonchev–Trinajstić information content (AvgIpc) is 2.99. The molecule has 2 heterocycles. The maximum absolute atomic E-state index is 11.7. The summed E-state index contributed by atoms with van der Waals surface area (Å²) < 4.78 is 2.03. The lowest BCUT2D eigenvalue weighted by molar-refractivity contribution is -0.118. The molecule has 1 aromatic carbocycles. The summed E-state index contributed by atoms with van der Waals surface area (Å²) in [6.45, 7) is 3.75. The number of carbonyl (C=O) groups excluding carboxylic acids is 1. The predicted molar refractivity (Wildman–Crippen MR) is 93.7 cm³/mol. The lowest BCUT2D eigenvalue weighted by atomic mass is 10.1. The molecule has 0 atom stereocenters. The second kappa shape index (κ2) is 6.42. The van der Waals surface area contributed by atoms with Crippen molar-refractivity contribution in [3.8, 4) is 11.3 Å². The molecule has 0 bridgehead atoms. The number of rotatable bonds is 4. The first kappa shape index (κ1) is 15.6. The maximum Gasteiger partial charge on any atom is 0.226 e. The van der Waals surface area contributed by atoms with E-state index in [0.29, 0.717) is 0 Å². The molecule has 3 rings (SSSR count). The van der Waals surface area contributed by atoms with E-state index in [4.69, 9.17) is 0 Å². The smallest absolute Gasteiger partial charge is 0.226 e. The van der Waals surface area contributed by atoms with Crippen LogP contribution in [0.4, 0.5) is 5.69 Å². The lowest BCUT2D eigenvalue weighted by Gasteiger charge is -2.08. The van der Waals surface area contributed by atoms with Gasteiger partial charge in [-0.05, 0) is 18.4 Å². The van der Waals surface area contributed by atoms with Crippen LogP contribution >= 0.6 is 11.8 Å². The van der Waals surface area contributed by atoms with E-state index >= 15 is 0 Å². The van der Waals surface area contributed by atoms with Gasteiger partial charge in [0.2, 0.25) is 5.91 Å². The van der Waals surface area contributed by atoms with Crippen molar-refractivity contribution in [1.82, 2.24) is 14.4 Å². The normalized spacial score (nSPS) is 11.1. The summed E-state index contributed by atoms with van der Waals surface area (Å²) >= 11 is 1.58. The van der Waals surface area contributed by atoms with Crippen LogP contribution in [-0.4, -0.2) is 26.5 Å². The molecule has 2 aromatic heterocycles. The highest BCUT2D eigenvalue weighted by atomic mass is 32.2. The SMILES string of the molecule is CSc1nccn2c(-c3ccc(NC(=O)C(C)C)cc3)cnc12. The zero-order chi connectivity index (χ0) is 16.4. The average molecular weight is 326 g/mol. The first-order valence-corrected chi connectivity index (χ1v) is 8.60. The minimum atomic E-state index is -0.0362. The number of imidazole rings is 1. The van der Waals surface area contributed by atoms with E-state index in [0.717, 1.165) is 27.6 Å². The van der Waals surface area contributed by atoms with E-state index in [2.05, 4.69) is 15.3 Å². The zero-order valence-corrected chi connectivity index (χ0v) is 14.1. The Balaban J connectivity index is 1.92. The van der Waals surface area contributed by atoms with Gasteiger partial charge in [0.05, 0.1) is 11.9 Å². The van der Waals surface area contributed by atoms with Crippen LogP contribution in [0.1, 0.15) is 13.8 Å². The van der Waals surface area contributed by atoms with Crippen LogP contribution in [0, 0.1) is 5.92 Å². The Kier molecular flexibility index (Phi) is 4.34. The van der Waals surface area contributed by atoms with Crippen LogP contribution in [0.25, 0.3) is 16.9 Å². The van der Waals surface area contributed by atoms with Gasteiger partial charge < -0.3 is 5.32 Å². The molecule has 0 aliphatic carbocycles. The molecule has 0 aliphatic rings. The Morgan fingerprint density at radius 2 is 1.96 bits per heavy atom. The van der Waals surface area contributed by atoms with Crippen LogP contribution in [0.2, 0.25) is 0 Å². The number of aromatic nitrogens is 3. The number of benzene rings is 1. The molecule has 6 heteroatoms. The highest BCUT2D eigenvalue weighted by Crippen LogP contribution is 2.25. The summed E-state index contributed by atoms with van der Waals surface area (Å²) in [7, 11) is 0. The second-order valence-corrected chi connectivity index (χ2v) is 6.29. The summed E-state index contributed by atoms with van der Waals surface area (Å²) in [4.78, 5) is 20.5. The van der Waals surface area contributed by atoms with Gasteiger partial charge in [0.25, 0.3) is 0 Å². The number of hydrogen-bond donors (Lipinski definition) is 1. The predicted octanol–water partition coefficient (Wildman–Crippen LogP) is 3.71. The summed E-state index contributed by atoms with van der Waals surface area (Å²) in [5.74, 6) is -0.0193. The fourth-order valence-corrected chi connectivity index (χ4v) is 2.76. The van der Waals surface area contributed by atoms with Crippen molar-refractivity contribution in [1.29, 1.82) is 0 Å². The molecule has 0 fully saturated rings. The van der Waals surface area contributed by atoms with Gasteiger partial charge in [-0.25, -0.2) is 9.97 Å². The Morgan fingerprint density at radius 3 is 2.61 bits per heavy atom. The quantitative estimate of drug-likeness (QED) is 0.743. The van der Waals surface area contributed by atoms with Crippen molar-refractivity contribution in [3.05, 3.63) is 42.9 Å². The number of fused-ring (bicyclic) bond motifs is 1. The number of thioether (sulfide) groups is 1. The van der Waals surface area contributed by atoms with Gasteiger partial charge in [-0.2, -0.15) is 0 Å². The summed E-state index contributed by atoms with van der Waals surface area (Å²) in [6.07, 6.45) is 7.52. The zero-order valence-electron chi connectivity index (χ0n) is 13.3.